The molecule has 0 saturated carbocycles. The van der Waals surface area contributed by atoms with Gasteiger partial charge in [-0.15, -0.1) is 0 Å². The third-order valence-electron chi connectivity index (χ3n) is 1.93. The van der Waals surface area contributed by atoms with Crippen LogP contribution in [0.15, 0.2) is 29.0 Å². The first-order valence-corrected chi connectivity index (χ1v) is 5.99. The van der Waals surface area contributed by atoms with Crippen molar-refractivity contribution in [2.75, 3.05) is 21.3 Å². The van der Waals surface area contributed by atoms with Crippen LogP contribution in [0.5, 0.6) is 0 Å². The molecule has 0 atom stereocenters. The molecule has 5 nitrogen and oxygen atoms in total. The molecule has 0 fully saturated rings. The lowest BCUT2D eigenvalue weighted by Gasteiger charge is -2.16. The highest BCUT2D eigenvalue weighted by Crippen LogP contribution is 2.53. The molecule has 0 aromatic heterocycles. The van der Waals surface area contributed by atoms with E-state index in [2.05, 4.69) is 4.74 Å². The number of nitriles is 1. The second kappa shape index (κ2) is 5.78. The molecule has 0 bridgehead atoms. The summed E-state index contributed by atoms with van der Waals surface area (Å²) in [7, 11) is 1.80. The number of rotatable bonds is 4. The van der Waals surface area contributed by atoms with Gasteiger partial charge in [-0.05, 0) is 24.3 Å². The van der Waals surface area contributed by atoms with E-state index in [1.165, 1.54) is 21.3 Å². The van der Waals surface area contributed by atoms with Gasteiger partial charge in [0.1, 0.15) is 0 Å². The largest absolute Gasteiger partial charge is 0.359 e. The molecule has 0 aliphatic carbocycles. The van der Waals surface area contributed by atoms with Gasteiger partial charge >= 0.3 is 7.74 Å². The van der Waals surface area contributed by atoms with E-state index in [1.54, 1.807) is 24.3 Å². The molecule has 0 saturated heterocycles. The van der Waals surface area contributed by atoms with Crippen LogP contribution in [-0.4, -0.2) is 21.3 Å². The predicted molar refractivity (Wildman–Crippen MR) is 61.2 cm³/mol. The van der Waals surface area contributed by atoms with Crippen molar-refractivity contribution in [2.24, 2.45) is 4.74 Å². The topological polar surface area (TPSA) is 63.8 Å². The zero-order valence-corrected chi connectivity index (χ0v) is 10.3. The molecule has 0 amide bonds. The molecule has 0 unspecified atom stereocenters. The molecule has 1 rings (SSSR count). The van der Waals surface area contributed by atoms with Gasteiger partial charge in [0, 0.05) is 21.3 Å². The van der Waals surface area contributed by atoms with E-state index in [0.29, 0.717) is 11.3 Å². The van der Waals surface area contributed by atoms with Crippen LogP contribution in [0.4, 0.5) is 5.69 Å². The van der Waals surface area contributed by atoms with E-state index in [9.17, 15) is 0 Å². The minimum absolute atomic E-state index is 0.579. The zero-order valence-electron chi connectivity index (χ0n) is 9.38. The molecule has 0 radical (unpaired) electrons. The van der Waals surface area contributed by atoms with E-state index >= 15 is 0 Å². The molecule has 0 heterocycles. The van der Waals surface area contributed by atoms with Crippen molar-refractivity contribution in [1.82, 2.24) is 0 Å². The zero-order chi connectivity index (χ0) is 12.0. The van der Waals surface area contributed by atoms with Crippen LogP contribution in [0.25, 0.3) is 0 Å². The summed E-state index contributed by atoms with van der Waals surface area (Å²) in [5, 5.41) is 8.65. The van der Waals surface area contributed by atoms with Gasteiger partial charge < -0.3 is 13.6 Å². The number of nitrogens with zero attached hydrogens (tertiary/aromatic N) is 2. The molecular formula is C10H13N2O3P. The highest BCUT2D eigenvalue weighted by atomic mass is 31.2. The fourth-order valence-electron chi connectivity index (χ4n) is 1.09. The standard InChI is InChI=1S/C10H13N2O3P/c1-13-16(14-2,15-3)12-10-6-4-9(8-11)5-7-10/h4-7H,1-3H3. The summed E-state index contributed by atoms with van der Waals surface area (Å²) in [6.45, 7) is 0. The average Bonchev–Trinajstić information content (AvgIpc) is 2.37. The maximum atomic E-state index is 8.65. The molecule has 86 valence electrons. The van der Waals surface area contributed by atoms with Crippen LogP contribution in [0.1, 0.15) is 5.56 Å². The molecular weight excluding hydrogens is 227 g/mol. The van der Waals surface area contributed by atoms with Crippen molar-refractivity contribution < 1.29 is 13.6 Å². The van der Waals surface area contributed by atoms with E-state index in [4.69, 9.17) is 18.8 Å². The van der Waals surface area contributed by atoms with Crippen molar-refractivity contribution in [3.63, 3.8) is 0 Å². The van der Waals surface area contributed by atoms with Gasteiger partial charge in [0.05, 0.1) is 17.3 Å². The Morgan fingerprint density at radius 3 is 1.94 bits per heavy atom. The summed E-state index contributed by atoms with van der Waals surface area (Å²) >= 11 is 0. The minimum Gasteiger partial charge on any atom is -0.306 e. The Morgan fingerprint density at radius 2 is 1.56 bits per heavy atom. The first kappa shape index (κ1) is 12.9. The van der Waals surface area contributed by atoms with Crippen molar-refractivity contribution in [1.29, 1.82) is 5.26 Å². The highest BCUT2D eigenvalue weighted by Gasteiger charge is 2.17. The van der Waals surface area contributed by atoms with Gasteiger partial charge in [0.15, 0.2) is 0 Å². The molecule has 6 heteroatoms. The number of hydrogen-bond acceptors (Lipinski definition) is 5. The second-order valence-electron chi connectivity index (χ2n) is 2.77. The Bertz CT molecular complexity index is 417. The third-order valence-corrected chi connectivity index (χ3v) is 3.79. The summed E-state index contributed by atoms with van der Waals surface area (Å²) in [6.07, 6.45) is 0. The van der Waals surface area contributed by atoms with Crippen LogP contribution in [-0.2, 0) is 13.6 Å². The Morgan fingerprint density at radius 1 is 1.06 bits per heavy atom. The number of benzene rings is 1. The molecule has 0 spiro atoms. The van der Waals surface area contributed by atoms with Gasteiger partial charge in [-0.1, -0.05) is 0 Å². The third kappa shape index (κ3) is 2.91. The van der Waals surface area contributed by atoms with Gasteiger partial charge in [-0.25, -0.2) is 0 Å². The Labute approximate surface area is 94.9 Å². The quantitative estimate of drug-likeness (QED) is 0.758. The molecule has 16 heavy (non-hydrogen) atoms. The average molecular weight is 240 g/mol. The van der Waals surface area contributed by atoms with Crippen molar-refractivity contribution in [3.05, 3.63) is 29.8 Å². The molecule has 1 aromatic carbocycles. The Balaban J connectivity index is 3.09. The van der Waals surface area contributed by atoms with Gasteiger partial charge in [-0.2, -0.15) is 10.0 Å². The van der Waals surface area contributed by atoms with E-state index in [1.807, 2.05) is 6.07 Å². The summed E-state index contributed by atoms with van der Waals surface area (Å²) in [4.78, 5) is 0. The minimum atomic E-state index is -2.64. The summed E-state index contributed by atoms with van der Waals surface area (Å²) in [5.41, 5.74) is 1.23. The predicted octanol–water partition coefficient (Wildman–Crippen LogP) is 3.08. The molecule has 0 N–H and O–H groups in total. The fraction of sp³-hybridized carbons (Fsp3) is 0.300. The summed E-state index contributed by atoms with van der Waals surface area (Å²) < 4.78 is 19.7. The van der Waals surface area contributed by atoms with Gasteiger partial charge in [-0.3, -0.25) is 0 Å². The fourth-order valence-corrected chi connectivity index (χ4v) is 2.20. The van der Waals surface area contributed by atoms with Crippen LogP contribution in [0, 0.1) is 11.3 Å². The van der Waals surface area contributed by atoms with Crippen LogP contribution in [0.2, 0.25) is 0 Å². The first-order valence-electron chi connectivity index (χ1n) is 4.49. The smallest absolute Gasteiger partial charge is 0.306 e. The maximum absolute atomic E-state index is 8.65. The number of hydrogen-bond donors (Lipinski definition) is 0. The lowest BCUT2D eigenvalue weighted by Crippen LogP contribution is -1.90. The van der Waals surface area contributed by atoms with Gasteiger partial charge in [0.25, 0.3) is 0 Å². The summed E-state index contributed by atoms with van der Waals surface area (Å²) in [5.74, 6) is 0. The lowest BCUT2D eigenvalue weighted by molar-refractivity contribution is 0.224. The molecule has 1 aromatic rings. The molecule has 0 aliphatic rings. The SMILES string of the molecule is COP(=Nc1ccc(C#N)cc1)(OC)OC. The van der Waals surface area contributed by atoms with Crippen molar-refractivity contribution >= 4 is 13.4 Å². The molecule has 0 aliphatic heterocycles. The normalized spacial score (nSPS) is 10.9. The van der Waals surface area contributed by atoms with E-state index in [-0.39, 0.29) is 0 Å². The lowest BCUT2D eigenvalue weighted by atomic mass is 10.2. The van der Waals surface area contributed by atoms with Crippen LogP contribution in [0.3, 0.4) is 0 Å². The Kier molecular flexibility index (Phi) is 4.66. The van der Waals surface area contributed by atoms with E-state index < -0.39 is 7.74 Å². The Hall–Kier alpha value is -1.18. The van der Waals surface area contributed by atoms with Gasteiger partial charge in [0.2, 0.25) is 0 Å². The highest BCUT2D eigenvalue weighted by molar-refractivity contribution is 7.51. The monoisotopic (exact) mass is 240 g/mol. The van der Waals surface area contributed by atoms with Crippen LogP contribution >= 0.6 is 7.74 Å². The first-order chi connectivity index (χ1) is 7.69. The van der Waals surface area contributed by atoms with Crippen LogP contribution < -0.4 is 0 Å². The van der Waals surface area contributed by atoms with Crippen molar-refractivity contribution in [2.45, 2.75) is 0 Å². The maximum Gasteiger partial charge on any atom is 0.359 e. The van der Waals surface area contributed by atoms with Crippen molar-refractivity contribution in [3.8, 4) is 6.07 Å². The van der Waals surface area contributed by atoms with E-state index in [0.717, 1.165) is 0 Å². The summed E-state index contributed by atoms with van der Waals surface area (Å²) in [6, 6.07) is 8.81. The second-order valence-corrected chi connectivity index (χ2v) is 5.01.